The van der Waals surface area contributed by atoms with Crippen LogP contribution in [0.4, 0.5) is 5.69 Å². The van der Waals surface area contributed by atoms with Gasteiger partial charge in [-0.25, -0.2) is 0 Å². The van der Waals surface area contributed by atoms with Crippen LogP contribution in [0.2, 0.25) is 0 Å². The van der Waals surface area contributed by atoms with Crippen molar-refractivity contribution in [2.24, 2.45) is 7.05 Å². The first-order chi connectivity index (χ1) is 8.16. The molecule has 1 aromatic heterocycles. The largest absolute Gasteiger partial charge is 0.399 e. The van der Waals surface area contributed by atoms with Gasteiger partial charge in [0, 0.05) is 19.2 Å². The molecule has 0 spiro atoms. The van der Waals surface area contributed by atoms with Gasteiger partial charge in [-0.1, -0.05) is 12.1 Å². The van der Waals surface area contributed by atoms with E-state index in [-0.39, 0.29) is 0 Å². The number of hydrogen-bond donors (Lipinski definition) is 1. The lowest BCUT2D eigenvalue weighted by Gasteiger charge is -2.03. The van der Waals surface area contributed by atoms with Crippen LogP contribution in [0.3, 0.4) is 0 Å². The van der Waals surface area contributed by atoms with Gasteiger partial charge in [-0.3, -0.25) is 0 Å². The minimum Gasteiger partial charge on any atom is -0.399 e. The molecule has 0 aliphatic carbocycles. The normalized spacial score (nSPS) is 10.7. The smallest absolute Gasteiger partial charge is 0.132 e. The van der Waals surface area contributed by atoms with E-state index in [0.717, 1.165) is 36.6 Å². The van der Waals surface area contributed by atoms with E-state index in [1.54, 1.807) is 0 Å². The molecule has 1 aromatic carbocycles. The average molecular weight is 230 g/mol. The van der Waals surface area contributed by atoms with E-state index < -0.39 is 0 Å². The van der Waals surface area contributed by atoms with Gasteiger partial charge in [0.05, 0.1) is 0 Å². The van der Waals surface area contributed by atoms with E-state index in [0.29, 0.717) is 0 Å². The predicted octanol–water partition coefficient (Wildman–Crippen LogP) is 1.88. The van der Waals surface area contributed by atoms with Gasteiger partial charge in [-0.15, -0.1) is 10.2 Å². The van der Waals surface area contributed by atoms with Crippen LogP contribution in [0.15, 0.2) is 24.3 Å². The van der Waals surface area contributed by atoms with Crippen molar-refractivity contribution in [1.82, 2.24) is 14.8 Å². The van der Waals surface area contributed by atoms with Crippen LogP contribution < -0.4 is 5.73 Å². The molecule has 1 heterocycles. The fourth-order valence-corrected chi connectivity index (χ4v) is 1.80. The summed E-state index contributed by atoms with van der Waals surface area (Å²) < 4.78 is 2.04. The van der Waals surface area contributed by atoms with E-state index in [4.69, 9.17) is 5.73 Å². The maximum absolute atomic E-state index is 5.65. The van der Waals surface area contributed by atoms with Crippen LogP contribution in [0, 0.1) is 6.92 Å². The molecule has 0 atom stereocenters. The Morgan fingerprint density at radius 2 is 1.82 bits per heavy atom. The molecule has 0 saturated heterocycles. The summed E-state index contributed by atoms with van der Waals surface area (Å²) in [6, 6.07) is 8.05. The minimum absolute atomic E-state index is 0.817. The van der Waals surface area contributed by atoms with Crippen LogP contribution in [0.1, 0.15) is 23.6 Å². The first-order valence-corrected chi connectivity index (χ1v) is 5.86. The Labute approximate surface area is 101 Å². The number of nitrogens with two attached hydrogens (primary N) is 1. The standard InChI is InChI=1S/C13H18N4/c1-10-15-16-13(17(10)2)5-3-4-11-6-8-12(14)9-7-11/h6-9H,3-5,14H2,1-2H3. The fraction of sp³-hybridized carbons (Fsp3) is 0.385. The maximum atomic E-state index is 5.65. The van der Waals surface area contributed by atoms with Crippen LogP contribution in [0.5, 0.6) is 0 Å². The molecule has 2 rings (SSSR count). The van der Waals surface area contributed by atoms with Crippen LogP contribution in [-0.4, -0.2) is 14.8 Å². The van der Waals surface area contributed by atoms with Crippen LogP contribution in [-0.2, 0) is 19.9 Å². The molecule has 2 N–H and O–H groups in total. The molecule has 17 heavy (non-hydrogen) atoms. The molecule has 0 aliphatic heterocycles. The number of nitrogen functional groups attached to an aromatic ring is 1. The van der Waals surface area contributed by atoms with Crippen LogP contribution in [0.25, 0.3) is 0 Å². The highest BCUT2D eigenvalue weighted by Crippen LogP contribution is 2.09. The molecular formula is C13H18N4. The molecule has 2 aromatic rings. The van der Waals surface area contributed by atoms with Crippen molar-refractivity contribution in [3.05, 3.63) is 41.5 Å². The molecule has 4 nitrogen and oxygen atoms in total. The van der Waals surface area contributed by atoms with Crippen molar-refractivity contribution in [3.8, 4) is 0 Å². The zero-order chi connectivity index (χ0) is 12.3. The molecule has 0 unspecified atom stereocenters. The Morgan fingerprint density at radius 3 is 2.41 bits per heavy atom. The third kappa shape index (κ3) is 2.84. The summed E-state index contributed by atoms with van der Waals surface area (Å²) in [4.78, 5) is 0. The number of rotatable bonds is 4. The fourth-order valence-electron chi connectivity index (χ4n) is 1.80. The number of aromatic nitrogens is 3. The molecule has 0 amide bonds. The summed E-state index contributed by atoms with van der Waals surface area (Å²) in [6.07, 6.45) is 3.09. The molecule has 0 radical (unpaired) electrons. The minimum atomic E-state index is 0.817. The predicted molar refractivity (Wildman–Crippen MR) is 68.6 cm³/mol. The molecule has 0 bridgehead atoms. The zero-order valence-electron chi connectivity index (χ0n) is 10.3. The SMILES string of the molecule is Cc1nnc(CCCc2ccc(N)cc2)n1C. The van der Waals surface area contributed by atoms with E-state index >= 15 is 0 Å². The van der Waals surface area contributed by atoms with Gasteiger partial charge in [0.2, 0.25) is 0 Å². The monoisotopic (exact) mass is 230 g/mol. The Kier molecular flexibility index (Phi) is 3.42. The first kappa shape index (κ1) is 11.6. The van der Waals surface area contributed by atoms with Gasteiger partial charge in [0.15, 0.2) is 0 Å². The van der Waals surface area contributed by atoms with E-state index in [9.17, 15) is 0 Å². The van der Waals surface area contributed by atoms with E-state index in [2.05, 4.69) is 22.3 Å². The number of hydrogen-bond acceptors (Lipinski definition) is 3. The quantitative estimate of drug-likeness (QED) is 0.816. The Hall–Kier alpha value is -1.84. The summed E-state index contributed by atoms with van der Waals surface area (Å²) in [7, 11) is 2.01. The third-order valence-corrected chi connectivity index (χ3v) is 3.03. The summed E-state index contributed by atoms with van der Waals surface area (Å²) in [5.74, 6) is 2.02. The molecule has 0 saturated carbocycles. The highest BCUT2D eigenvalue weighted by molar-refractivity contribution is 5.39. The summed E-state index contributed by atoms with van der Waals surface area (Å²) >= 11 is 0. The van der Waals surface area contributed by atoms with Gasteiger partial charge in [0.25, 0.3) is 0 Å². The summed E-state index contributed by atoms with van der Waals surface area (Å²) in [6.45, 7) is 1.97. The van der Waals surface area contributed by atoms with Gasteiger partial charge in [-0.2, -0.15) is 0 Å². The number of anilines is 1. The second-order valence-electron chi connectivity index (χ2n) is 4.32. The molecule has 90 valence electrons. The maximum Gasteiger partial charge on any atom is 0.132 e. The zero-order valence-corrected chi connectivity index (χ0v) is 10.3. The molecule has 4 heteroatoms. The van der Waals surface area contributed by atoms with Gasteiger partial charge >= 0.3 is 0 Å². The Balaban J connectivity index is 1.87. The highest BCUT2D eigenvalue weighted by Gasteiger charge is 2.04. The lowest BCUT2D eigenvalue weighted by molar-refractivity contribution is 0.714. The average Bonchev–Trinajstić information content (AvgIpc) is 2.64. The topological polar surface area (TPSA) is 56.7 Å². The Morgan fingerprint density at radius 1 is 1.12 bits per heavy atom. The van der Waals surface area contributed by atoms with E-state index in [1.807, 2.05) is 30.7 Å². The Bertz CT molecular complexity index is 485. The van der Waals surface area contributed by atoms with Gasteiger partial charge < -0.3 is 10.3 Å². The lowest BCUT2D eigenvalue weighted by Crippen LogP contribution is -2.00. The second kappa shape index (κ2) is 4.99. The van der Waals surface area contributed by atoms with Crippen molar-refractivity contribution < 1.29 is 0 Å². The molecule has 0 aliphatic rings. The molecule has 0 fully saturated rings. The number of aryl methyl sites for hydroxylation is 3. The third-order valence-electron chi connectivity index (χ3n) is 3.03. The highest BCUT2D eigenvalue weighted by atomic mass is 15.3. The molecular weight excluding hydrogens is 212 g/mol. The summed E-state index contributed by atoms with van der Waals surface area (Å²) in [5.41, 5.74) is 7.78. The van der Waals surface area contributed by atoms with Crippen molar-refractivity contribution in [3.63, 3.8) is 0 Å². The first-order valence-electron chi connectivity index (χ1n) is 5.86. The summed E-state index contributed by atoms with van der Waals surface area (Å²) in [5, 5.41) is 8.20. The number of nitrogens with zero attached hydrogens (tertiary/aromatic N) is 3. The number of benzene rings is 1. The van der Waals surface area contributed by atoms with Crippen molar-refractivity contribution in [2.75, 3.05) is 5.73 Å². The second-order valence-corrected chi connectivity index (χ2v) is 4.32. The van der Waals surface area contributed by atoms with E-state index in [1.165, 1.54) is 5.56 Å². The van der Waals surface area contributed by atoms with Crippen molar-refractivity contribution >= 4 is 5.69 Å². The van der Waals surface area contributed by atoms with Crippen LogP contribution >= 0.6 is 0 Å². The van der Waals surface area contributed by atoms with Gasteiger partial charge in [0.1, 0.15) is 11.6 Å². The van der Waals surface area contributed by atoms with Gasteiger partial charge in [-0.05, 0) is 37.5 Å². The lowest BCUT2D eigenvalue weighted by atomic mass is 10.1. The van der Waals surface area contributed by atoms with Crippen molar-refractivity contribution in [2.45, 2.75) is 26.2 Å². The van der Waals surface area contributed by atoms with Crippen molar-refractivity contribution in [1.29, 1.82) is 0 Å².